The van der Waals surface area contributed by atoms with Crippen molar-refractivity contribution in [1.82, 2.24) is 10.2 Å². The van der Waals surface area contributed by atoms with Crippen LogP contribution in [0.2, 0.25) is 0 Å². The summed E-state index contributed by atoms with van der Waals surface area (Å²) in [4.78, 5) is 18.8. The average molecular weight is 332 g/mol. The maximum absolute atomic E-state index is 12.9. The van der Waals surface area contributed by atoms with Gasteiger partial charge in [-0.1, -0.05) is 6.42 Å². The highest BCUT2D eigenvalue weighted by Crippen LogP contribution is 2.47. The Balaban J connectivity index is 1.57. The Bertz CT molecular complexity index is 610. The summed E-state index contributed by atoms with van der Waals surface area (Å²) in [5.74, 6) is 0.296. The predicted octanol–water partition coefficient (Wildman–Crippen LogP) is 2.61. The number of amides is 1. The zero-order valence-electron chi connectivity index (χ0n) is 14.1. The Morgan fingerprint density at radius 3 is 2.62 bits per heavy atom. The molecule has 3 rings (SSSR count). The zero-order chi connectivity index (χ0) is 17.0. The monoisotopic (exact) mass is 332 g/mol. The Morgan fingerprint density at radius 2 is 2.04 bits per heavy atom. The number of carbonyl (C=O) groups is 1. The molecule has 1 aliphatic heterocycles. The first-order valence-corrected chi connectivity index (χ1v) is 8.69. The van der Waals surface area contributed by atoms with Crippen LogP contribution in [0.15, 0.2) is 29.3 Å². The largest absolute Gasteiger partial charge is 0.357 e. The maximum atomic E-state index is 12.9. The molecule has 0 atom stereocenters. The number of hydrogen-bond donors (Lipinski definition) is 2. The Hall–Kier alpha value is -2.11. The summed E-state index contributed by atoms with van der Waals surface area (Å²) in [6.07, 6.45) is 5.18. The number of benzene rings is 1. The molecule has 2 fully saturated rings. The number of rotatable bonds is 4. The van der Waals surface area contributed by atoms with E-state index in [1.807, 2.05) is 6.92 Å². The molecule has 1 amide bonds. The standard InChI is InChI=1S/C18H25FN4O/c1-2-20-17(23-11-10-18(13-23)8-3-9-18)21-12-16(24)22-15-6-4-14(19)5-7-15/h4-7H,2-3,8-13H2,1H3,(H,20,21)(H,22,24). The molecule has 2 N–H and O–H groups in total. The second-order valence-corrected chi connectivity index (χ2v) is 6.75. The van der Waals surface area contributed by atoms with E-state index in [2.05, 4.69) is 20.5 Å². The predicted molar refractivity (Wildman–Crippen MR) is 93.5 cm³/mol. The first kappa shape index (κ1) is 16.7. The summed E-state index contributed by atoms with van der Waals surface area (Å²) in [6.45, 7) is 4.91. The molecule has 24 heavy (non-hydrogen) atoms. The van der Waals surface area contributed by atoms with Crippen molar-refractivity contribution in [3.63, 3.8) is 0 Å². The molecule has 6 heteroatoms. The molecule has 5 nitrogen and oxygen atoms in total. The van der Waals surface area contributed by atoms with Gasteiger partial charge in [-0.15, -0.1) is 0 Å². The van der Waals surface area contributed by atoms with Crippen molar-refractivity contribution in [3.05, 3.63) is 30.1 Å². The van der Waals surface area contributed by atoms with Crippen molar-refractivity contribution >= 4 is 17.6 Å². The van der Waals surface area contributed by atoms with Crippen LogP contribution in [0.3, 0.4) is 0 Å². The molecule has 1 aromatic rings. The van der Waals surface area contributed by atoms with Gasteiger partial charge in [0.05, 0.1) is 0 Å². The molecular formula is C18H25FN4O. The van der Waals surface area contributed by atoms with E-state index in [1.165, 1.54) is 37.8 Å². The number of nitrogens with one attached hydrogen (secondary N) is 2. The number of hydrogen-bond acceptors (Lipinski definition) is 2. The van der Waals surface area contributed by atoms with Crippen molar-refractivity contribution in [2.75, 3.05) is 31.5 Å². The van der Waals surface area contributed by atoms with Crippen LogP contribution in [0.1, 0.15) is 32.6 Å². The van der Waals surface area contributed by atoms with Gasteiger partial charge in [0.15, 0.2) is 5.96 Å². The van der Waals surface area contributed by atoms with Crippen molar-refractivity contribution in [3.8, 4) is 0 Å². The van der Waals surface area contributed by atoms with Crippen LogP contribution in [0.4, 0.5) is 10.1 Å². The number of guanidine groups is 1. The summed E-state index contributed by atoms with van der Waals surface area (Å²) < 4.78 is 12.9. The van der Waals surface area contributed by atoms with E-state index < -0.39 is 0 Å². The Labute approximate surface area is 142 Å². The highest BCUT2D eigenvalue weighted by Gasteiger charge is 2.43. The number of likely N-dealkylation sites (tertiary alicyclic amines) is 1. The normalized spacial score (nSPS) is 19.2. The first-order valence-electron chi connectivity index (χ1n) is 8.69. The van der Waals surface area contributed by atoms with Crippen LogP contribution in [-0.2, 0) is 4.79 Å². The van der Waals surface area contributed by atoms with E-state index in [0.29, 0.717) is 11.1 Å². The number of carbonyl (C=O) groups excluding carboxylic acids is 1. The molecule has 1 aromatic carbocycles. The van der Waals surface area contributed by atoms with Crippen LogP contribution < -0.4 is 10.6 Å². The minimum atomic E-state index is -0.320. The van der Waals surface area contributed by atoms with Gasteiger partial charge in [-0.25, -0.2) is 9.38 Å². The van der Waals surface area contributed by atoms with Gasteiger partial charge in [0.2, 0.25) is 5.91 Å². The summed E-state index contributed by atoms with van der Waals surface area (Å²) in [6, 6.07) is 5.74. The first-order chi connectivity index (χ1) is 11.6. The fourth-order valence-electron chi connectivity index (χ4n) is 3.51. The van der Waals surface area contributed by atoms with E-state index in [-0.39, 0.29) is 18.3 Å². The van der Waals surface area contributed by atoms with Crippen LogP contribution in [0.5, 0.6) is 0 Å². The van der Waals surface area contributed by atoms with Crippen LogP contribution in [0.25, 0.3) is 0 Å². The van der Waals surface area contributed by atoms with Crippen molar-refractivity contribution in [2.24, 2.45) is 10.4 Å². The highest BCUT2D eigenvalue weighted by molar-refractivity contribution is 5.94. The van der Waals surface area contributed by atoms with E-state index in [9.17, 15) is 9.18 Å². The molecule has 1 saturated carbocycles. The molecule has 130 valence electrons. The third kappa shape index (κ3) is 3.86. The Morgan fingerprint density at radius 1 is 1.29 bits per heavy atom. The minimum Gasteiger partial charge on any atom is -0.357 e. The summed E-state index contributed by atoms with van der Waals surface area (Å²) >= 11 is 0. The summed E-state index contributed by atoms with van der Waals surface area (Å²) in [5, 5.41) is 6.02. The number of halogens is 1. The smallest absolute Gasteiger partial charge is 0.246 e. The van der Waals surface area contributed by atoms with Gasteiger partial charge >= 0.3 is 0 Å². The Kier molecular flexibility index (Phi) is 5.02. The summed E-state index contributed by atoms with van der Waals surface area (Å²) in [7, 11) is 0. The lowest BCUT2D eigenvalue weighted by Crippen LogP contribution is -2.43. The zero-order valence-corrected chi connectivity index (χ0v) is 14.1. The van der Waals surface area contributed by atoms with Gasteiger partial charge in [0.25, 0.3) is 0 Å². The lowest BCUT2D eigenvalue weighted by atomic mass is 9.68. The van der Waals surface area contributed by atoms with Crippen molar-refractivity contribution in [1.29, 1.82) is 0 Å². The molecule has 1 spiro atoms. The van der Waals surface area contributed by atoms with Crippen molar-refractivity contribution in [2.45, 2.75) is 32.6 Å². The average Bonchev–Trinajstić information content (AvgIpc) is 2.99. The third-order valence-electron chi connectivity index (χ3n) is 4.99. The van der Waals surface area contributed by atoms with Gasteiger partial charge in [-0.3, -0.25) is 4.79 Å². The van der Waals surface area contributed by atoms with Crippen LogP contribution >= 0.6 is 0 Å². The quantitative estimate of drug-likeness (QED) is 0.658. The van der Waals surface area contributed by atoms with Gasteiger partial charge in [0, 0.05) is 25.3 Å². The van der Waals surface area contributed by atoms with E-state index >= 15 is 0 Å². The number of aliphatic imine (C=N–C) groups is 1. The van der Waals surface area contributed by atoms with E-state index in [0.717, 1.165) is 25.6 Å². The SMILES string of the molecule is CCNC(=NCC(=O)Nc1ccc(F)cc1)N1CCC2(CCC2)C1. The number of anilines is 1. The molecule has 2 aliphatic rings. The molecule has 0 bridgehead atoms. The second kappa shape index (κ2) is 7.20. The minimum absolute atomic E-state index is 0.0587. The van der Waals surface area contributed by atoms with Gasteiger partial charge in [-0.05, 0) is 55.9 Å². The molecular weight excluding hydrogens is 307 g/mol. The number of nitrogens with zero attached hydrogens (tertiary/aromatic N) is 2. The van der Waals surface area contributed by atoms with Gasteiger partial charge < -0.3 is 15.5 Å². The van der Waals surface area contributed by atoms with E-state index in [4.69, 9.17) is 0 Å². The second-order valence-electron chi connectivity index (χ2n) is 6.75. The molecule has 0 radical (unpaired) electrons. The molecule has 1 saturated heterocycles. The fourth-order valence-corrected chi connectivity index (χ4v) is 3.51. The maximum Gasteiger partial charge on any atom is 0.246 e. The molecule has 0 unspecified atom stereocenters. The topological polar surface area (TPSA) is 56.7 Å². The molecule has 0 aromatic heterocycles. The molecule has 1 heterocycles. The highest BCUT2D eigenvalue weighted by atomic mass is 19.1. The van der Waals surface area contributed by atoms with Gasteiger partial charge in [0.1, 0.15) is 12.4 Å². The third-order valence-corrected chi connectivity index (χ3v) is 4.99. The summed E-state index contributed by atoms with van der Waals surface area (Å²) in [5.41, 5.74) is 1.07. The lowest BCUT2D eigenvalue weighted by Gasteiger charge is -2.38. The fraction of sp³-hybridized carbons (Fsp3) is 0.556. The van der Waals surface area contributed by atoms with Crippen LogP contribution in [-0.4, -0.2) is 42.9 Å². The van der Waals surface area contributed by atoms with Gasteiger partial charge in [-0.2, -0.15) is 0 Å². The van der Waals surface area contributed by atoms with Crippen LogP contribution in [0, 0.1) is 11.2 Å². The molecule has 1 aliphatic carbocycles. The lowest BCUT2D eigenvalue weighted by molar-refractivity contribution is -0.114. The van der Waals surface area contributed by atoms with Crippen molar-refractivity contribution < 1.29 is 9.18 Å². The van der Waals surface area contributed by atoms with E-state index in [1.54, 1.807) is 12.1 Å².